The fourth-order valence-electron chi connectivity index (χ4n) is 1.62. The minimum atomic E-state index is 0.559. The van der Waals surface area contributed by atoms with Crippen LogP contribution in [0.2, 0.25) is 0 Å². The van der Waals surface area contributed by atoms with E-state index < -0.39 is 0 Å². The fraction of sp³-hybridized carbons (Fsp3) is 0.727. The Bertz CT molecular complexity index is 269. The summed E-state index contributed by atoms with van der Waals surface area (Å²) in [5.74, 6) is 0. The lowest BCUT2D eigenvalue weighted by molar-refractivity contribution is 0.424. The highest BCUT2D eigenvalue weighted by Crippen LogP contribution is 2.14. The summed E-state index contributed by atoms with van der Waals surface area (Å²) < 4.78 is 3.24. The number of aromatic nitrogens is 2. The van der Waals surface area contributed by atoms with Crippen LogP contribution in [-0.2, 0) is 6.54 Å². The Balaban J connectivity index is 2.47. The standard InChI is InChI=1S/C11H20IN3/c1-3-11(4-2)15-8-5-10(14-15)9-13-7-6-12/h5,8,11,13H,3-4,6-7,9H2,1-2H3. The van der Waals surface area contributed by atoms with Crippen LogP contribution in [0.15, 0.2) is 12.3 Å². The molecule has 1 rings (SSSR count). The van der Waals surface area contributed by atoms with Gasteiger partial charge in [-0.2, -0.15) is 5.10 Å². The van der Waals surface area contributed by atoms with E-state index in [1.807, 2.05) is 0 Å². The van der Waals surface area contributed by atoms with E-state index in [0.29, 0.717) is 6.04 Å². The second-order valence-corrected chi connectivity index (χ2v) is 4.70. The molecule has 4 heteroatoms. The lowest BCUT2D eigenvalue weighted by Gasteiger charge is -2.12. The topological polar surface area (TPSA) is 29.9 Å². The molecule has 1 heterocycles. The molecule has 1 aromatic rings. The molecule has 0 unspecified atom stereocenters. The molecule has 0 amide bonds. The largest absolute Gasteiger partial charge is 0.310 e. The van der Waals surface area contributed by atoms with Gasteiger partial charge < -0.3 is 5.32 Å². The SMILES string of the molecule is CCC(CC)n1ccc(CNCCI)n1. The number of halogens is 1. The van der Waals surface area contributed by atoms with Crippen LogP contribution in [0.4, 0.5) is 0 Å². The van der Waals surface area contributed by atoms with Gasteiger partial charge in [0.25, 0.3) is 0 Å². The van der Waals surface area contributed by atoms with Crippen LogP contribution in [0.3, 0.4) is 0 Å². The maximum absolute atomic E-state index is 4.58. The number of hydrogen-bond acceptors (Lipinski definition) is 2. The van der Waals surface area contributed by atoms with Crippen LogP contribution in [0.25, 0.3) is 0 Å². The van der Waals surface area contributed by atoms with Crippen molar-refractivity contribution in [3.05, 3.63) is 18.0 Å². The Hall–Kier alpha value is -0.100. The Morgan fingerprint density at radius 3 is 2.80 bits per heavy atom. The van der Waals surface area contributed by atoms with Gasteiger partial charge in [0.1, 0.15) is 0 Å². The molecule has 0 aliphatic rings. The van der Waals surface area contributed by atoms with Crippen molar-refractivity contribution in [2.45, 2.75) is 39.3 Å². The number of nitrogens with zero attached hydrogens (tertiary/aromatic N) is 2. The van der Waals surface area contributed by atoms with Gasteiger partial charge in [0, 0.05) is 23.7 Å². The zero-order valence-electron chi connectivity index (χ0n) is 9.54. The fourth-order valence-corrected chi connectivity index (χ4v) is 2.00. The molecule has 0 aromatic carbocycles. The minimum Gasteiger partial charge on any atom is -0.310 e. The van der Waals surface area contributed by atoms with Crippen molar-refractivity contribution < 1.29 is 0 Å². The summed E-state index contributed by atoms with van der Waals surface area (Å²) in [4.78, 5) is 0. The number of nitrogens with one attached hydrogen (secondary N) is 1. The van der Waals surface area contributed by atoms with Crippen molar-refractivity contribution in [1.29, 1.82) is 0 Å². The predicted octanol–water partition coefficient (Wildman–Crippen LogP) is 2.77. The summed E-state index contributed by atoms with van der Waals surface area (Å²) in [5, 5.41) is 7.93. The molecule has 1 N–H and O–H groups in total. The Kier molecular flexibility index (Phi) is 6.24. The second-order valence-electron chi connectivity index (χ2n) is 3.62. The quantitative estimate of drug-likeness (QED) is 0.475. The first kappa shape index (κ1) is 13.0. The van der Waals surface area contributed by atoms with E-state index in [-0.39, 0.29) is 0 Å². The van der Waals surface area contributed by atoms with Crippen LogP contribution < -0.4 is 5.32 Å². The smallest absolute Gasteiger partial charge is 0.0762 e. The molecule has 0 aliphatic heterocycles. The molecule has 0 spiro atoms. The van der Waals surface area contributed by atoms with E-state index in [4.69, 9.17) is 0 Å². The van der Waals surface area contributed by atoms with Gasteiger partial charge >= 0.3 is 0 Å². The molecule has 0 aliphatic carbocycles. The van der Waals surface area contributed by atoms with E-state index in [0.717, 1.165) is 36.1 Å². The molecule has 86 valence electrons. The third-order valence-corrected chi connectivity index (χ3v) is 3.10. The third kappa shape index (κ3) is 4.10. The average molecular weight is 321 g/mol. The number of hydrogen-bond donors (Lipinski definition) is 1. The maximum Gasteiger partial charge on any atom is 0.0762 e. The lowest BCUT2D eigenvalue weighted by Crippen LogP contribution is -2.16. The third-order valence-electron chi connectivity index (χ3n) is 2.56. The first-order chi connectivity index (χ1) is 7.31. The molecule has 15 heavy (non-hydrogen) atoms. The van der Waals surface area contributed by atoms with Crippen molar-refractivity contribution in [2.75, 3.05) is 11.0 Å². The molecular weight excluding hydrogens is 301 g/mol. The van der Waals surface area contributed by atoms with Gasteiger partial charge in [-0.15, -0.1) is 0 Å². The van der Waals surface area contributed by atoms with Gasteiger partial charge in [0.15, 0.2) is 0 Å². The Morgan fingerprint density at radius 2 is 2.20 bits per heavy atom. The lowest BCUT2D eigenvalue weighted by atomic mass is 10.2. The zero-order valence-corrected chi connectivity index (χ0v) is 11.7. The van der Waals surface area contributed by atoms with Crippen LogP contribution in [0, 0.1) is 0 Å². The van der Waals surface area contributed by atoms with Gasteiger partial charge in [-0.25, -0.2) is 0 Å². The molecular formula is C11H20IN3. The van der Waals surface area contributed by atoms with Crippen molar-refractivity contribution in [2.24, 2.45) is 0 Å². The summed E-state index contributed by atoms with van der Waals surface area (Å²) in [6, 6.07) is 2.67. The van der Waals surface area contributed by atoms with E-state index in [2.05, 4.69) is 63.8 Å². The second kappa shape index (κ2) is 7.22. The van der Waals surface area contributed by atoms with E-state index in [9.17, 15) is 0 Å². The first-order valence-electron chi connectivity index (χ1n) is 5.62. The van der Waals surface area contributed by atoms with Gasteiger partial charge in [0.2, 0.25) is 0 Å². The van der Waals surface area contributed by atoms with Gasteiger partial charge in [-0.3, -0.25) is 4.68 Å². The Morgan fingerprint density at radius 1 is 1.47 bits per heavy atom. The van der Waals surface area contributed by atoms with E-state index in [1.165, 1.54) is 0 Å². The first-order valence-corrected chi connectivity index (χ1v) is 7.15. The molecule has 0 radical (unpaired) electrons. The summed E-state index contributed by atoms with van der Waals surface area (Å²) in [6.45, 7) is 6.36. The highest BCUT2D eigenvalue weighted by atomic mass is 127. The number of rotatable bonds is 7. The molecule has 3 nitrogen and oxygen atoms in total. The summed E-state index contributed by atoms with van der Waals surface area (Å²) in [7, 11) is 0. The maximum atomic E-state index is 4.58. The van der Waals surface area contributed by atoms with Crippen molar-refractivity contribution in [3.8, 4) is 0 Å². The zero-order chi connectivity index (χ0) is 11.1. The summed E-state index contributed by atoms with van der Waals surface area (Å²) in [5.41, 5.74) is 1.15. The number of alkyl halides is 1. The van der Waals surface area contributed by atoms with Gasteiger partial charge in [-0.1, -0.05) is 36.4 Å². The van der Waals surface area contributed by atoms with Crippen molar-refractivity contribution in [1.82, 2.24) is 15.1 Å². The minimum absolute atomic E-state index is 0.559. The van der Waals surface area contributed by atoms with Gasteiger partial charge in [-0.05, 0) is 18.9 Å². The molecule has 0 fully saturated rings. The molecule has 0 saturated carbocycles. The predicted molar refractivity (Wildman–Crippen MR) is 72.4 cm³/mol. The van der Waals surface area contributed by atoms with E-state index >= 15 is 0 Å². The average Bonchev–Trinajstić information content (AvgIpc) is 2.69. The normalized spacial score (nSPS) is 11.2. The highest BCUT2D eigenvalue weighted by molar-refractivity contribution is 14.1. The molecule has 0 bridgehead atoms. The van der Waals surface area contributed by atoms with E-state index in [1.54, 1.807) is 0 Å². The van der Waals surface area contributed by atoms with Crippen molar-refractivity contribution in [3.63, 3.8) is 0 Å². The summed E-state index contributed by atoms with van der Waals surface area (Å²) in [6.07, 6.45) is 4.40. The Labute approximate surface area is 106 Å². The van der Waals surface area contributed by atoms with Crippen LogP contribution in [-0.4, -0.2) is 20.8 Å². The monoisotopic (exact) mass is 321 g/mol. The van der Waals surface area contributed by atoms with Crippen LogP contribution in [0.5, 0.6) is 0 Å². The van der Waals surface area contributed by atoms with Crippen LogP contribution in [0.1, 0.15) is 38.4 Å². The molecule has 0 saturated heterocycles. The molecule has 1 aromatic heterocycles. The van der Waals surface area contributed by atoms with Crippen molar-refractivity contribution >= 4 is 22.6 Å². The molecule has 0 atom stereocenters. The van der Waals surface area contributed by atoms with Crippen LogP contribution >= 0.6 is 22.6 Å². The highest BCUT2D eigenvalue weighted by Gasteiger charge is 2.07. The van der Waals surface area contributed by atoms with Gasteiger partial charge in [0.05, 0.1) is 11.7 Å². The summed E-state index contributed by atoms with van der Waals surface area (Å²) >= 11 is 2.37.